The van der Waals surface area contributed by atoms with Crippen LogP contribution in [0.2, 0.25) is 5.02 Å². The fraction of sp³-hybridized carbons (Fsp3) is 0.571. The Hall–Kier alpha value is -0.570. The van der Waals surface area contributed by atoms with Gasteiger partial charge in [-0.15, -0.1) is 0 Å². The van der Waals surface area contributed by atoms with Gasteiger partial charge in [0.15, 0.2) is 0 Å². The lowest BCUT2D eigenvalue weighted by atomic mass is 9.84. The molecule has 1 aromatic carbocycles. The average molecular weight is 256 g/mol. The summed E-state index contributed by atoms with van der Waals surface area (Å²) in [6.45, 7) is 6.60. The van der Waals surface area contributed by atoms with Crippen molar-refractivity contribution in [3.63, 3.8) is 0 Å². The highest BCUT2D eigenvalue weighted by Crippen LogP contribution is 2.23. The predicted molar refractivity (Wildman–Crippen MR) is 73.7 cm³/mol. The summed E-state index contributed by atoms with van der Waals surface area (Å²) in [6, 6.07) is 8.03. The predicted octanol–water partition coefficient (Wildman–Crippen LogP) is 2.98. The Morgan fingerprint density at radius 1 is 1.18 bits per heavy atom. The van der Waals surface area contributed by atoms with Crippen LogP contribution in [0.15, 0.2) is 24.3 Å². The molecule has 0 heterocycles. The van der Waals surface area contributed by atoms with Gasteiger partial charge in [-0.25, -0.2) is 0 Å². The number of aliphatic hydroxyl groups is 1. The van der Waals surface area contributed by atoms with E-state index in [4.69, 9.17) is 16.7 Å². The van der Waals surface area contributed by atoms with Gasteiger partial charge < -0.3 is 10.4 Å². The standard InChI is InChI=1S/C14H22ClNO/c1-14(2,11-16-9-3-4-10-17)12-5-7-13(15)8-6-12/h5-8,16-17H,3-4,9-11H2,1-2H3. The van der Waals surface area contributed by atoms with Gasteiger partial charge in [0.05, 0.1) is 0 Å². The number of halogens is 1. The minimum Gasteiger partial charge on any atom is -0.396 e. The van der Waals surface area contributed by atoms with Crippen LogP contribution < -0.4 is 5.32 Å². The van der Waals surface area contributed by atoms with E-state index >= 15 is 0 Å². The van der Waals surface area contributed by atoms with Gasteiger partial charge in [-0.3, -0.25) is 0 Å². The van der Waals surface area contributed by atoms with Crippen molar-refractivity contribution in [2.75, 3.05) is 19.7 Å². The van der Waals surface area contributed by atoms with E-state index in [2.05, 4.69) is 31.3 Å². The second kappa shape index (κ2) is 7.00. The van der Waals surface area contributed by atoms with Crippen LogP contribution >= 0.6 is 11.6 Å². The summed E-state index contributed by atoms with van der Waals surface area (Å²) in [7, 11) is 0. The molecule has 0 atom stereocenters. The third-order valence-electron chi connectivity index (χ3n) is 2.95. The van der Waals surface area contributed by atoms with Crippen LogP contribution in [-0.4, -0.2) is 24.8 Å². The largest absolute Gasteiger partial charge is 0.396 e. The molecule has 0 unspecified atom stereocenters. The average Bonchev–Trinajstić information content (AvgIpc) is 2.29. The number of rotatable bonds is 7. The van der Waals surface area contributed by atoms with Crippen LogP contribution in [0.4, 0.5) is 0 Å². The first-order valence-electron chi connectivity index (χ1n) is 6.14. The molecule has 0 aliphatic carbocycles. The summed E-state index contributed by atoms with van der Waals surface area (Å²) >= 11 is 5.88. The van der Waals surface area contributed by atoms with Crippen LogP contribution in [0.5, 0.6) is 0 Å². The van der Waals surface area contributed by atoms with Gasteiger partial charge in [0.1, 0.15) is 0 Å². The summed E-state index contributed by atoms with van der Waals surface area (Å²) in [5, 5.41) is 12.9. The summed E-state index contributed by atoms with van der Waals surface area (Å²) < 4.78 is 0. The lowest BCUT2D eigenvalue weighted by Crippen LogP contribution is -2.33. The van der Waals surface area contributed by atoms with Gasteiger partial charge in [0.2, 0.25) is 0 Å². The SMILES string of the molecule is CC(C)(CNCCCCO)c1ccc(Cl)cc1. The van der Waals surface area contributed by atoms with Crippen LogP contribution in [-0.2, 0) is 5.41 Å². The van der Waals surface area contributed by atoms with E-state index < -0.39 is 0 Å². The molecule has 2 nitrogen and oxygen atoms in total. The van der Waals surface area contributed by atoms with E-state index in [1.807, 2.05) is 12.1 Å². The fourth-order valence-electron chi connectivity index (χ4n) is 1.77. The van der Waals surface area contributed by atoms with Crippen molar-refractivity contribution in [2.24, 2.45) is 0 Å². The van der Waals surface area contributed by atoms with Crippen LogP contribution in [0, 0.1) is 0 Å². The van der Waals surface area contributed by atoms with Crippen molar-refractivity contribution in [1.82, 2.24) is 5.32 Å². The third kappa shape index (κ3) is 5.07. The second-order valence-electron chi connectivity index (χ2n) is 5.00. The van der Waals surface area contributed by atoms with Gasteiger partial charge in [0, 0.05) is 23.6 Å². The molecule has 1 rings (SSSR count). The molecule has 0 aliphatic heterocycles. The first-order valence-corrected chi connectivity index (χ1v) is 6.52. The minimum atomic E-state index is 0.101. The number of hydrogen-bond acceptors (Lipinski definition) is 2. The van der Waals surface area contributed by atoms with E-state index in [9.17, 15) is 0 Å². The van der Waals surface area contributed by atoms with Crippen molar-refractivity contribution < 1.29 is 5.11 Å². The molecule has 0 fully saturated rings. The topological polar surface area (TPSA) is 32.3 Å². The molecule has 17 heavy (non-hydrogen) atoms. The molecule has 0 spiro atoms. The van der Waals surface area contributed by atoms with Crippen LogP contribution in [0.25, 0.3) is 0 Å². The van der Waals surface area contributed by atoms with Crippen molar-refractivity contribution in [2.45, 2.75) is 32.1 Å². The molecule has 0 bridgehead atoms. The highest BCUT2D eigenvalue weighted by Gasteiger charge is 2.19. The van der Waals surface area contributed by atoms with Crippen molar-refractivity contribution in [3.8, 4) is 0 Å². The Kier molecular flexibility index (Phi) is 5.96. The molecule has 96 valence electrons. The monoisotopic (exact) mass is 255 g/mol. The van der Waals surface area contributed by atoms with Crippen LogP contribution in [0.1, 0.15) is 32.3 Å². The highest BCUT2D eigenvalue weighted by molar-refractivity contribution is 6.30. The molecular formula is C14H22ClNO. The normalized spacial score (nSPS) is 11.8. The molecule has 0 saturated heterocycles. The van der Waals surface area contributed by atoms with Gasteiger partial charge >= 0.3 is 0 Å². The maximum Gasteiger partial charge on any atom is 0.0431 e. The fourth-order valence-corrected chi connectivity index (χ4v) is 1.89. The molecule has 0 aromatic heterocycles. The molecule has 0 amide bonds. The smallest absolute Gasteiger partial charge is 0.0431 e. The first-order chi connectivity index (χ1) is 8.06. The molecular weight excluding hydrogens is 234 g/mol. The molecule has 0 saturated carbocycles. The molecule has 3 heteroatoms. The zero-order chi connectivity index (χ0) is 12.7. The zero-order valence-electron chi connectivity index (χ0n) is 10.7. The van der Waals surface area contributed by atoms with Gasteiger partial charge in [-0.2, -0.15) is 0 Å². The van der Waals surface area contributed by atoms with Gasteiger partial charge in [-0.05, 0) is 37.1 Å². The van der Waals surface area contributed by atoms with E-state index in [-0.39, 0.29) is 12.0 Å². The Morgan fingerprint density at radius 3 is 2.41 bits per heavy atom. The number of benzene rings is 1. The Balaban J connectivity index is 2.42. The quantitative estimate of drug-likeness (QED) is 0.735. The lowest BCUT2D eigenvalue weighted by Gasteiger charge is -2.26. The van der Waals surface area contributed by atoms with Crippen LogP contribution in [0.3, 0.4) is 0 Å². The summed E-state index contributed by atoms with van der Waals surface area (Å²) in [5.41, 5.74) is 1.39. The molecule has 2 N–H and O–H groups in total. The van der Waals surface area contributed by atoms with E-state index in [1.54, 1.807) is 0 Å². The molecule has 1 aromatic rings. The molecule has 0 aliphatic rings. The maximum atomic E-state index is 8.69. The number of aliphatic hydroxyl groups excluding tert-OH is 1. The highest BCUT2D eigenvalue weighted by atomic mass is 35.5. The number of unbranched alkanes of at least 4 members (excludes halogenated alkanes) is 1. The molecule has 0 radical (unpaired) electrons. The van der Waals surface area contributed by atoms with Gasteiger partial charge in [-0.1, -0.05) is 37.6 Å². The Labute approximate surface area is 109 Å². The minimum absolute atomic E-state index is 0.101. The van der Waals surface area contributed by atoms with E-state index in [0.717, 1.165) is 31.0 Å². The lowest BCUT2D eigenvalue weighted by molar-refractivity contribution is 0.283. The Morgan fingerprint density at radius 2 is 1.82 bits per heavy atom. The Bertz CT molecular complexity index is 321. The third-order valence-corrected chi connectivity index (χ3v) is 3.21. The second-order valence-corrected chi connectivity index (χ2v) is 5.43. The number of hydrogen-bond donors (Lipinski definition) is 2. The van der Waals surface area contributed by atoms with E-state index in [1.165, 1.54) is 5.56 Å². The summed E-state index contributed by atoms with van der Waals surface area (Å²) in [4.78, 5) is 0. The van der Waals surface area contributed by atoms with Crippen molar-refractivity contribution in [3.05, 3.63) is 34.9 Å². The zero-order valence-corrected chi connectivity index (χ0v) is 11.4. The first kappa shape index (κ1) is 14.5. The summed E-state index contributed by atoms with van der Waals surface area (Å²) in [6.07, 6.45) is 1.89. The summed E-state index contributed by atoms with van der Waals surface area (Å²) in [5.74, 6) is 0. The van der Waals surface area contributed by atoms with Gasteiger partial charge in [0.25, 0.3) is 0 Å². The number of nitrogens with one attached hydrogen (secondary N) is 1. The van der Waals surface area contributed by atoms with Crippen molar-refractivity contribution >= 4 is 11.6 Å². The van der Waals surface area contributed by atoms with Crippen molar-refractivity contribution in [1.29, 1.82) is 0 Å². The van der Waals surface area contributed by atoms with E-state index in [0.29, 0.717) is 0 Å². The maximum absolute atomic E-state index is 8.69.